The van der Waals surface area contributed by atoms with Gasteiger partial charge in [-0.15, -0.1) is 10.2 Å². The number of rotatable bonds is 7. The highest BCUT2D eigenvalue weighted by molar-refractivity contribution is 8.00. The van der Waals surface area contributed by atoms with Crippen LogP contribution in [0.3, 0.4) is 0 Å². The van der Waals surface area contributed by atoms with Crippen LogP contribution in [-0.2, 0) is 14.8 Å². The summed E-state index contributed by atoms with van der Waals surface area (Å²) in [6, 6.07) is 23.4. The Kier molecular flexibility index (Phi) is 6.35. The zero-order chi connectivity index (χ0) is 25.3. The monoisotopic (exact) mass is 518 g/mol. The van der Waals surface area contributed by atoms with Crippen molar-refractivity contribution in [3.05, 3.63) is 85.1 Å². The second-order valence-corrected chi connectivity index (χ2v) is 10.9. The number of thioether (sulfide) groups is 1. The molecule has 0 radical (unpaired) electrons. The fourth-order valence-electron chi connectivity index (χ4n) is 3.77. The van der Waals surface area contributed by atoms with Gasteiger partial charge in [0.05, 0.1) is 10.1 Å². The largest absolute Gasteiger partial charge is 0.360 e. The van der Waals surface area contributed by atoms with Gasteiger partial charge >= 0.3 is 0 Å². The number of nitrogens with zero attached hydrogens (tertiary/aromatic N) is 3. The summed E-state index contributed by atoms with van der Waals surface area (Å²) >= 11 is 1.27. The first-order chi connectivity index (χ1) is 17.3. The van der Waals surface area contributed by atoms with Crippen LogP contribution >= 0.6 is 11.8 Å². The number of carbonyl (C=O) groups excluding carboxylic acids is 1. The molecule has 36 heavy (non-hydrogen) atoms. The van der Waals surface area contributed by atoms with E-state index >= 15 is 0 Å². The number of para-hydroxylation sites is 2. The molecule has 11 heteroatoms. The predicted molar refractivity (Wildman–Crippen MR) is 140 cm³/mol. The maximum atomic E-state index is 12.9. The highest BCUT2D eigenvalue weighted by atomic mass is 32.2. The molecule has 1 atom stereocenters. The van der Waals surface area contributed by atoms with E-state index in [-0.39, 0.29) is 10.8 Å². The molecule has 0 saturated carbocycles. The minimum absolute atomic E-state index is 0.0244. The number of nitrogens with two attached hydrogens (primary N) is 1. The van der Waals surface area contributed by atoms with Gasteiger partial charge in [0.2, 0.25) is 15.9 Å². The summed E-state index contributed by atoms with van der Waals surface area (Å²) < 4.78 is 24.8. The molecule has 0 aliphatic rings. The maximum absolute atomic E-state index is 12.9. The normalized spacial score (nSPS) is 12.5. The SMILES string of the molecule is C[C@H](Sc1nnc(-c2c[nH]c3ccccc23)n1-c1ccccc1)C(=O)Nc1ccc(S(N)(=O)=O)cc1. The Bertz CT molecular complexity index is 1640. The van der Waals surface area contributed by atoms with Crippen molar-refractivity contribution in [2.75, 3.05) is 5.32 Å². The van der Waals surface area contributed by atoms with Crippen molar-refractivity contribution in [3.8, 4) is 17.1 Å². The molecule has 0 fully saturated rings. The number of hydrogen-bond donors (Lipinski definition) is 3. The lowest BCUT2D eigenvalue weighted by Crippen LogP contribution is -2.23. The third kappa shape index (κ3) is 4.76. The molecule has 2 aromatic heterocycles. The van der Waals surface area contributed by atoms with Crippen LogP contribution in [0.5, 0.6) is 0 Å². The molecule has 0 bridgehead atoms. The minimum Gasteiger partial charge on any atom is -0.360 e. The fourth-order valence-corrected chi connectivity index (χ4v) is 5.15. The van der Waals surface area contributed by atoms with Crippen LogP contribution in [0.4, 0.5) is 5.69 Å². The molecule has 5 aromatic rings. The summed E-state index contributed by atoms with van der Waals surface area (Å²) in [4.78, 5) is 16.2. The third-order valence-electron chi connectivity index (χ3n) is 5.58. The van der Waals surface area contributed by atoms with Crippen LogP contribution in [0.15, 0.2) is 95.1 Å². The van der Waals surface area contributed by atoms with E-state index in [0.717, 1.165) is 22.2 Å². The van der Waals surface area contributed by atoms with Gasteiger partial charge in [-0.25, -0.2) is 13.6 Å². The van der Waals surface area contributed by atoms with Gasteiger partial charge < -0.3 is 10.3 Å². The Balaban J connectivity index is 1.44. The number of sulfonamides is 1. The second-order valence-electron chi connectivity index (χ2n) is 8.04. The van der Waals surface area contributed by atoms with Crippen molar-refractivity contribution < 1.29 is 13.2 Å². The topological polar surface area (TPSA) is 136 Å². The van der Waals surface area contributed by atoms with E-state index in [9.17, 15) is 13.2 Å². The number of anilines is 1. The lowest BCUT2D eigenvalue weighted by atomic mass is 10.1. The summed E-state index contributed by atoms with van der Waals surface area (Å²) in [7, 11) is -3.80. The number of hydrogen-bond acceptors (Lipinski definition) is 6. The van der Waals surface area contributed by atoms with Crippen LogP contribution in [0.25, 0.3) is 28.0 Å². The molecular weight excluding hydrogens is 496 g/mol. The molecule has 3 aromatic carbocycles. The van der Waals surface area contributed by atoms with Crippen molar-refractivity contribution in [2.24, 2.45) is 5.14 Å². The third-order valence-corrected chi connectivity index (χ3v) is 7.55. The minimum atomic E-state index is -3.80. The molecular formula is C25H22N6O3S2. The van der Waals surface area contributed by atoms with Crippen molar-refractivity contribution in [2.45, 2.75) is 22.2 Å². The number of H-pyrrole nitrogens is 1. The Hall–Kier alpha value is -3.93. The quantitative estimate of drug-likeness (QED) is 0.277. The molecule has 4 N–H and O–H groups in total. The molecule has 5 rings (SSSR count). The van der Waals surface area contributed by atoms with Gasteiger partial charge in [0.25, 0.3) is 0 Å². The Morgan fingerprint density at radius 3 is 2.42 bits per heavy atom. The predicted octanol–water partition coefficient (Wildman–Crippen LogP) is 4.18. The summed E-state index contributed by atoms with van der Waals surface area (Å²) in [5, 5.41) is 17.9. The van der Waals surface area contributed by atoms with Crippen molar-refractivity contribution in [1.82, 2.24) is 19.7 Å². The molecule has 0 aliphatic carbocycles. The van der Waals surface area contributed by atoms with E-state index in [1.807, 2.05) is 65.4 Å². The number of amides is 1. The van der Waals surface area contributed by atoms with Crippen molar-refractivity contribution >= 4 is 44.3 Å². The first-order valence-electron chi connectivity index (χ1n) is 11.0. The molecule has 182 valence electrons. The molecule has 0 spiro atoms. The number of fused-ring (bicyclic) bond motifs is 1. The number of nitrogens with one attached hydrogen (secondary N) is 2. The number of carbonyl (C=O) groups is 1. The van der Waals surface area contributed by atoms with Crippen molar-refractivity contribution in [1.29, 1.82) is 0 Å². The summed E-state index contributed by atoms with van der Waals surface area (Å²) in [6.45, 7) is 1.77. The van der Waals surface area contributed by atoms with Gasteiger partial charge in [0, 0.05) is 34.0 Å². The zero-order valence-electron chi connectivity index (χ0n) is 19.1. The first-order valence-corrected chi connectivity index (χ1v) is 13.4. The molecule has 0 aliphatic heterocycles. The van der Waals surface area contributed by atoms with Crippen LogP contribution in [-0.4, -0.2) is 39.3 Å². The average Bonchev–Trinajstić information content (AvgIpc) is 3.48. The van der Waals surface area contributed by atoms with E-state index in [0.29, 0.717) is 16.7 Å². The summed E-state index contributed by atoms with van der Waals surface area (Å²) in [5.74, 6) is 0.395. The highest BCUT2D eigenvalue weighted by Crippen LogP contribution is 2.33. The van der Waals surface area contributed by atoms with E-state index in [4.69, 9.17) is 5.14 Å². The smallest absolute Gasteiger partial charge is 0.238 e. The van der Waals surface area contributed by atoms with Gasteiger partial charge in [0.1, 0.15) is 0 Å². The maximum Gasteiger partial charge on any atom is 0.238 e. The van der Waals surface area contributed by atoms with E-state index in [1.165, 1.54) is 36.0 Å². The Labute approximate surface area is 211 Å². The second kappa shape index (κ2) is 9.61. The Morgan fingerprint density at radius 2 is 1.69 bits per heavy atom. The lowest BCUT2D eigenvalue weighted by Gasteiger charge is -2.14. The van der Waals surface area contributed by atoms with Gasteiger partial charge in [-0.3, -0.25) is 9.36 Å². The van der Waals surface area contributed by atoms with Crippen molar-refractivity contribution in [3.63, 3.8) is 0 Å². The van der Waals surface area contributed by atoms with Crippen LogP contribution in [0.1, 0.15) is 6.92 Å². The molecule has 0 saturated heterocycles. The van der Waals surface area contributed by atoms with Crippen LogP contribution in [0.2, 0.25) is 0 Å². The number of primary sulfonamides is 1. The van der Waals surface area contributed by atoms with Crippen LogP contribution < -0.4 is 10.5 Å². The first kappa shape index (κ1) is 23.8. The highest BCUT2D eigenvalue weighted by Gasteiger charge is 2.23. The Morgan fingerprint density at radius 1 is 1.00 bits per heavy atom. The fraction of sp³-hybridized carbons (Fsp3) is 0.0800. The number of aromatic amines is 1. The number of benzene rings is 3. The van der Waals surface area contributed by atoms with Crippen LogP contribution in [0, 0.1) is 0 Å². The molecule has 9 nitrogen and oxygen atoms in total. The number of aromatic nitrogens is 4. The molecule has 1 amide bonds. The average molecular weight is 519 g/mol. The standard InChI is InChI=1S/C25H22N6O3S2/c1-16(24(32)28-17-11-13-19(14-12-17)36(26,33)34)35-25-30-29-23(31(25)18-7-3-2-4-8-18)21-15-27-22-10-6-5-9-20(21)22/h2-16,27H,1H3,(H,28,32)(H2,26,33,34)/t16-/m0/s1. The van der Waals surface area contributed by atoms with E-state index in [1.54, 1.807) is 6.92 Å². The zero-order valence-corrected chi connectivity index (χ0v) is 20.8. The van der Waals surface area contributed by atoms with Gasteiger partial charge in [-0.2, -0.15) is 0 Å². The molecule has 2 heterocycles. The molecule has 0 unspecified atom stereocenters. The van der Waals surface area contributed by atoms with E-state index < -0.39 is 15.3 Å². The van der Waals surface area contributed by atoms with Gasteiger partial charge in [0.15, 0.2) is 11.0 Å². The van der Waals surface area contributed by atoms with Gasteiger partial charge in [-0.05, 0) is 49.4 Å². The lowest BCUT2D eigenvalue weighted by molar-refractivity contribution is -0.115. The summed E-state index contributed by atoms with van der Waals surface area (Å²) in [5.41, 5.74) is 3.23. The van der Waals surface area contributed by atoms with Gasteiger partial charge in [-0.1, -0.05) is 48.2 Å². The summed E-state index contributed by atoms with van der Waals surface area (Å²) in [6.07, 6.45) is 1.91. The van der Waals surface area contributed by atoms with E-state index in [2.05, 4.69) is 20.5 Å².